The molecule has 1 aromatic rings. The molecule has 120 valence electrons. The molecule has 1 aliphatic rings. The van der Waals surface area contributed by atoms with E-state index in [9.17, 15) is 9.59 Å². The molecule has 2 rings (SSSR count). The van der Waals surface area contributed by atoms with Gasteiger partial charge in [0.25, 0.3) is 0 Å². The number of carbonyl (C=O) groups is 2. The molecule has 1 heterocycles. The van der Waals surface area contributed by atoms with E-state index in [1.807, 2.05) is 32.0 Å². The van der Waals surface area contributed by atoms with Gasteiger partial charge < -0.3 is 25.8 Å². The van der Waals surface area contributed by atoms with Crippen molar-refractivity contribution in [1.29, 1.82) is 0 Å². The minimum Gasteiger partial charge on any atom is -0.497 e. The van der Waals surface area contributed by atoms with E-state index >= 15 is 0 Å². The van der Waals surface area contributed by atoms with Crippen molar-refractivity contribution in [3.05, 3.63) is 23.8 Å². The number of ether oxygens (including phenoxy) is 2. The van der Waals surface area contributed by atoms with E-state index in [1.54, 1.807) is 7.11 Å². The monoisotopic (exact) mass is 307 g/mol. The van der Waals surface area contributed by atoms with Crippen molar-refractivity contribution in [2.75, 3.05) is 13.7 Å². The second-order valence-electron chi connectivity index (χ2n) is 5.82. The van der Waals surface area contributed by atoms with Crippen LogP contribution in [0.1, 0.15) is 31.9 Å². The molecule has 1 aliphatic heterocycles. The standard InChI is InChI=1S/C15H21N3O4/c1-15(2)7-11(18-14(20)17-8-13(16)19)10-6-9(21-3)4-5-12(10)22-15/h4-6,11H,7-8H2,1-3H3,(H2,16,19)(H2,17,18,20). The maximum Gasteiger partial charge on any atom is 0.315 e. The van der Waals surface area contributed by atoms with Crippen molar-refractivity contribution in [2.24, 2.45) is 5.73 Å². The van der Waals surface area contributed by atoms with Crippen molar-refractivity contribution in [3.8, 4) is 11.5 Å². The third kappa shape index (κ3) is 3.81. The largest absolute Gasteiger partial charge is 0.497 e. The molecule has 1 atom stereocenters. The maximum atomic E-state index is 11.9. The van der Waals surface area contributed by atoms with Crippen LogP contribution in [0, 0.1) is 0 Å². The second-order valence-corrected chi connectivity index (χ2v) is 5.82. The van der Waals surface area contributed by atoms with E-state index in [0.29, 0.717) is 17.9 Å². The first kappa shape index (κ1) is 15.9. The van der Waals surface area contributed by atoms with Gasteiger partial charge in [-0.2, -0.15) is 0 Å². The maximum absolute atomic E-state index is 11.9. The van der Waals surface area contributed by atoms with Gasteiger partial charge in [0.2, 0.25) is 5.91 Å². The number of fused-ring (bicyclic) bond motifs is 1. The van der Waals surface area contributed by atoms with Gasteiger partial charge in [-0.25, -0.2) is 4.79 Å². The molecular formula is C15H21N3O4. The molecule has 1 aromatic carbocycles. The molecule has 0 saturated carbocycles. The fourth-order valence-electron chi connectivity index (χ4n) is 2.47. The summed E-state index contributed by atoms with van der Waals surface area (Å²) in [5.74, 6) is 0.799. The van der Waals surface area contributed by atoms with Gasteiger partial charge in [-0.1, -0.05) is 0 Å². The highest BCUT2D eigenvalue weighted by atomic mass is 16.5. The van der Waals surface area contributed by atoms with Crippen LogP contribution in [0.2, 0.25) is 0 Å². The average Bonchev–Trinajstić information content (AvgIpc) is 2.43. The molecular weight excluding hydrogens is 286 g/mol. The summed E-state index contributed by atoms with van der Waals surface area (Å²) in [5.41, 5.74) is 5.44. The van der Waals surface area contributed by atoms with Gasteiger partial charge in [0.05, 0.1) is 19.7 Å². The topological polar surface area (TPSA) is 103 Å². The normalized spacial score (nSPS) is 18.6. The summed E-state index contributed by atoms with van der Waals surface area (Å²) >= 11 is 0. The lowest BCUT2D eigenvalue weighted by atomic mass is 9.89. The second kappa shape index (κ2) is 6.13. The average molecular weight is 307 g/mol. The molecule has 0 radical (unpaired) electrons. The van der Waals surface area contributed by atoms with E-state index in [0.717, 1.165) is 5.56 Å². The number of primary amides is 1. The van der Waals surface area contributed by atoms with Gasteiger partial charge in [0.1, 0.15) is 17.1 Å². The fourth-order valence-corrected chi connectivity index (χ4v) is 2.47. The third-order valence-corrected chi connectivity index (χ3v) is 3.40. The van der Waals surface area contributed by atoms with Gasteiger partial charge in [-0.05, 0) is 32.0 Å². The predicted molar refractivity (Wildman–Crippen MR) is 80.8 cm³/mol. The summed E-state index contributed by atoms with van der Waals surface area (Å²) in [6, 6.07) is 4.77. The van der Waals surface area contributed by atoms with Crippen LogP contribution in [0.15, 0.2) is 18.2 Å². The molecule has 7 nitrogen and oxygen atoms in total. The molecule has 7 heteroatoms. The number of benzene rings is 1. The number of nitrogens with two attached hydrogens (primary N) is 1. The van der Waals surface area contributed by atoms with E-state index in [1.165, 1.54) is 0 Å². The zero-order valence-electron chi connectivity index (χ0n) is 12.9. The minimum atomic E-state index is -0.593. The van der Waals surface area contributed by atoms with Crippen LogP contribution in [0.4, 0.5) is 4.79 Å². The van der Waals surface area contributed by atoms with Crippen molar-refractivity contribution in [2.45, 2.75) is 31.9 Å². The number of hydrogen-bond donors (Lipinski definition) is 3. The Morgan fingerprint density at radius 3 is 2.82 bits per heavy atom. The highest BCUT2D eigenvalue weighted by molar-refractivity contribution is 5.83. The third-order valence-electron chi connectivity index (χ3n) is 3.40. The van der Waals surface area contributed by atoms with E-state index < -0.39 is 17.5 Å². The summed E-state index contributed by atoms with van der Waals surface area (Å²) in [4.78, 5) is 22.6. The number of carbonyl (C=O) groups excluding carboxylic acids is 2. The molecule has 0 fully saturated rings. The Balaban J connectivity index is 2.20. The number of nitrogens with one attached hydrogen (secondary N) is 2. The quantitative estimate of drug-likeness (QED) is 0.774. The Bertz CT molecular complexity index is 586. The Morgan fingerprint density at radius 2 is 2.18 bits per heavy atom. The first-order valence-corrected chi connectivity index (χ1v) is 7.00. The predicted octanol–water partition coefficient (Wildman–Crippen LogP) is 1.08. The Morgan fingerprint density at radius 1 is 1.45 bits per heavy atom. The molecule has 0 saturated heterocycles. The molecule has 1 unspecified atom stereocenters. The molecule has 4 N–H and O–H groups in total. The number of rotatable bonds is 4. The Kier molecular flexibility index (Phi) is 4.44. The van der Waals surface area contributed by atoms with Crippen LogP contribution in [0.3, 0.4) is 0 Å². The van der Waals surface area contributed by atoms with Crippen LogP contribution < -0.4 is 25.8 Å². The van der Waals surface area contributed by atoms with Gasteiger partial charge in [-0.3, -0.25) is 4.79 Å². The highest BCUT2D eigenvalue weighted by Crippen LogP contribution is 2.40. The van der Waals surface area contributed by atoms with Gasteiger partial charge in [0, 0.05) is 12.0 Å². The molecule has 0 aliphatic carbocycles. The van der Waals surface area contributed by atoms with Crippen molar-refractivity contribution < 1.29 is 19.1 Å². The van der Waals surface area contributed by atoms with Crippen LogP contribution in [-0.2, 0) is 4.79 Å². The van der Waals surface area contributed by atoms with E-state index in [-0.39, 0.29) is 12.6 Å². The molecule has 22 heavy (non-hydrogen) atoms. The molecule has 0 bridgehead atoms. The van der Waals surface area contributed by atoms with Crippen LogP contribution in [0.5, 0.6) is 11.5 Å². The number of urea groups is 1. The van der Waals surface area contributed by atoms with Gasteiger partial charge >= 0.3 is 6.03 Å². The van der Waals surface area contributed by atoms with E-state index in [2.05, 4.69) is 10.6 Å². The zero-order chi connectivity index (χ0) is 16.3. The summed E-state index contributed by atoms with van der Waals surface area (Å²) in [5, 5.41) is 5.26. The number of methoxy groups -OCH3 is 1. The van der Waals surface area contributed by atoms with Crippen LogP contribution in [0.25, 0.3) is 0 Å². The SMILES string of the molecule is COc1ccc2c(c1)C(NC(=O)NCC(N)=O)CC(C)(C)O2. The number of hydrogen-bond acceptors (Lipinski definition) is 4. The van der Waals surface area contributed by atoms with Crippen molar-refractivity contribution in [3.63, 3.8) is 0 Å². The van der Waals surface area contributed by atoms with E-state index in [4.69, 9.17) is 15.2 Å². The Labute approximate surface area is 129 Å². The molecule has 3 amide bonds. The lowest BCUT2D eigenvalue weighted by Gasteiger charge is -2.38. The first-order valence-electron chi connectivity index (χ1n) is 7.00. The first-order chi connectivity index (χ1) is 10.3. The lowest BCUT2D eigenvalue weighted by molar-refractivity contribution is -0.117. The number of amides is 3. The summed E-state index contributed by atoms with van der Waals surface area (Å²) in [6.45, 7) is 3.70. The highest BCUT2D eigenvalue weighted by Gasteiger charge is 2.34. The van der Waals surface area contributed by atoms with Crippen molar-refractivity contribution in [1.82, 2.24) is 10.6 Å². The summed E-state index contributed by atoms with van der Waals surface area (Å²) in [6.07, 6.45) is 0.594. The fraction of sp³-hybridized carbons (Fsp3) is 0.467. The van der Waals surface area contributed by atoms with Crippen LogP contribution in [-0.4, -0.2) is 31.2 Å². The Hall–Kier alpha value is -2.44. The summed E-state index contributed by atoms with van der Waals surface area (Å²) < 4.78 is 11.1. The molecule has 0 aromatic heterocycles. The lowest BCUT2D eigenvalue weighted by Crippen LogP contribution is -2.46. The molecule has 0 spiro atoms. The zero-order valence-corrected chi connectivity index (χ0v) is 12.9. The van der Waals surface area contributed by atoms with Crippen molar-refractivity contribution >= 4 is 11.9 Å². The van der Waals surface area contributed by atoms with Crippen LogP contribution >= 0.6 is 0 Å². The smallest absolute Gasteiger partial charge is 0.315 e. The minimum absolute atomic E-state index is 0.205. The van der Waals surface area contributed by atoms with Gasteiger partial charge in [-0.15, -0.1) is 0 Å². The van der Waals surface area contributed by atoms with Gasteiger partial charge in [0.15, 0.2) is 0 Å². The summed E-state index contributed by atoms with van der Waals surface area (Å²) in [7, 11) is 1.58.